The van der Waals surface area contributed by atoms with E-state index in [9.17, 15) is 4.79 Å². The number of amides is 1. The maximum Gasteiger partial charge on any atom is 0.255 e. The minimum Gasteiger partial charge on any atom is -0.345 e. The Labute approximate surface area is 136 Å². The van der Waals surface area contributed by atoms with Gasteiger partial charge < -0.3 is 9.47 Å². The van der Waals surface area contributed by atoms with Crippen molar-refractivity contribution >= 4 is 5.91 Å². The normalized spacial score (nSPS) is 21.1. The Morgan fingerprint density at radius 3 is 2.83 bits per heavy atom. The van der Waals surface area contributed by atoms with E-state index in [0.717, 1.165) is 37.2 Å². The van der Waals surface area contributed by atoms with E-state index >= 15 is 0 Å². The van der Waals surface area contributed by atoms with Gasteiger partial charge in [-0.15, -0.1) is 0 Å². The summed E-state index contributed by atoms with van der Waals surface area (Å²) in [7, 11) is 0. The molecule has 0 N–H and O–H groups in total. The van der Waals surface area contributed by atoms with Gasteiger partial charge >= 0.3 is 0 Å². The van der Waals surface area contributed by atoms with E-state index in [1.807, 2.05) is 16.9 Å². The molecular formula is C18H24N4O. The standard InChI is InChI=1S/C18H24N4O/c1-13-11-17(14(2)22(13)15-6-7-15)18(23)21-10-3-5-16(21)12-20-9-4-8-19-20/h4,8-9,11,15-16H,3,5-7,10,12H2,1-2H3/t16-/m1/s1. The van der Waals surface area contributed by atoms with Crippen molar-refractivity contribution in [2.45, 2.75) is 58.2 Å². The predicted octanol–water partition coefficient (Wildman–Crippen LogP) is 2.94. The summed E-state index contributed by atoms with van der Waals surface area (Å²) < 4.78 is 4.29. The lowest BCUT2D eigenvalue weighted by Crippen LogP contribution is -2.38. The molecule has 1 amide bonds. The fourth-order valence-corrected chi connectivity index (χ4v) is 3.96. The molecular weight excluding hydrogens is 288 g/mol. The lowest BCUT2D eigenvalue weighted by molar-refractivity contribution is 0.0721. The third-order valence-electron chi connectivity index (χ3n) is 5.22. The van der Waals surface area contributed by atoms with Gasteiger partial charge in [0.1, 0.15) is 0 Å². The third kappa shape index (κ3) is 2.58. The molecule has 2 fully saturated rings. The van der Waals surface area contributed by atoms with E-state index < -0.39 is 0 Å². The Balaban J connectivity index is 1.57. The number of hydrogen-bond acceptors (Lipinski definition) is 2. The van der Waals surface area contributed by atoms with Crippen molar-refractivity contribution in [1.82, 2.24) is 19.2 Å². The number of carbonyl (C=O) groups excluding carboxylic acids is 1. The Hall–Kier alpha value is -2.04. The highest BCUT2D eigenvalue weighted by atomic mass is 16.2. The van der Waals surface area contributed by atoms with Crippen LogP contribution in [0.15, 0.2) is 24.5 Å². The smallest absolute Gasteiger partial charge is 0.255 e. The van der Waals surface area contributed by atoms with E-state index in [1.54, 1.807) is 6.20 Å². The van der Waals surface area contributed by atoms with Crippen molar-refractivity contribution in [3.05, 3.63) is 41.5 Å². The zero-order valence-electron chi connectivity index (χ0n) is 13.9. The van der Waals surface area contributed by atoms with Gasteiger partial charge in [0.05, 0.1) is 18.2 Å². The molecule has 0 spiro atoms. The topological polar surface area (TPSA) is 43.1 Å². The van der Waals surface area contributed by atoms with Crippen molar-refractivity contribution in [1.29, 1.82) is 0 Å². The molecule has 122 valence electrons. The molecule has 1 saturated carbocycles. The summed E-state index contributed by atoms with van der Waals surface area (Å²) in [6, 6.07) is 4.89. The van der Waals surface area contributed by atoms with Gasteiger partial charge in [0.2, 0.25) is 0 Å². The van der Waals surface area contributed by atoms with Crippen LogP contribution in [0.3, 0.4) is 0 Å². The highest BCUT2D eigenvalue weighted by molar-refractivity contribution is 5.96. The lowest BCUT2D eigenvalue weighted by Gasteiger charge is -2.25. The second-order valence-corrected chi connectivity index (χ2v) is 6.91. The summed E-state index contributed by atoms with van der Waals surface area (Å²) in [5, 5.41) is 4.29. The first-order chi connectivity index (χ1) is 11.1. The van der Waals surface area contributed by atoms with Crippen molar-refractivity contribution in [3.8, 4) is 0 Å². The average Bonchev–Trinajstić information content (AvgIpc) is 2.96. The molecule has 1 aliphatic carbocycles. The Kier molecular flexibility index (Phi) is 3.51. The van der Waals surface area contributed by atoms with E-state index in [-0.39, 0.29) is 11.9 Å². The third-order valence-corrected chi connectivity index (χ3v) is 5.22. The monoisotopic (exact) mass is 312 g/mol. The van der Waals surface area contributed by atoms with E-state index in [0.29, 0.717) is 6.04 Å². The summed E-state index contributed by atoms with van der Waals surface area (Å²) in [5.74, 6) is 0.194. The fourth-order valence-electron chi connectivity index (χ4n) is 3.96. The van der Waals surface area contributed by atoms with Crippen molar-refractivity contribution in [2.24, 2.45) is 0 Å². The number of carbonyl (C=O) groups is 1. The van der Waals surface area contributed by atoms with Crippen molar-refractivity contribution in [2.75, 3.05) is 6.54 Å². The minimum absolute atomic E-state index is 0.194. The average molecular weight is 312 g/mol. The molecule has 2 aromatic heterocycles. The molecule has 0 unspecified atom stereocenters. The number of aromatic nitrogens is 3. The highest BCUT2D eigenvalue weighted by Crippen LogP contribution is 2.38. The van der Waals surface area contributed by atoms with Crippen molar-refractivity contribution < 1.29 is 4.79 Å². The van der Waals surface area contributed by atoms with Gasteiger partial charge in [0.25, 0.3) is 5.91 Å². The van der Waals surface area contributed by atoms with Gasteiger partial charge in [-0.05, 0) is 51.7 Å². The zero-order chi connectivity index (χ0) is 16.0. The Bertz CT molecular complexity index is 712. The number of likely N-dealkylation sites (tertiary alicyclic amines) is 1. The van der Waals surface area contributed by atoms with Gasteiger partial charge in [0, 0.05) is 36.4 Å². The van der Waals surface area contributed by atoms with Crippen LogP contribution in [0.1, 0.15) is 53.5 Å². The molecule has 2 aliphatic rings. The highest BCUT2D eigenvalue weighted by Gasteiger charge is 2.33. The van der Waals surface area contributed by atoms with Gasteiger partial charge in [-0.1, -0.05) is 0 Å². The van der Waals surface area contributed by atoms with Crippen LogP contribution in [-0.2, 0) is 6.54 Å². The van der Waals surface area contributed by atoms with Gasteiger partial charge in [-0.2, -0.15) is 5.10 Å². The van der Waals surface area contributed by atoms with Crippen LogP contribution in [0.5, 0.6) is 0 Å². The van der Waals surface area contributed by atoms with Gasteiger partial charge in [-0.3, -0.25) is 9.48 Å². The molecule has 1 atom stereocenters. The van der Waals surface area contributed by atoms with Crippen molar-refractivity contribution in [3.63, 3.8) is 0 Å². The predicted molar refractivity (Wildman–Crippen MR) is 88.5 cm³/mol. The molecule has 4 rings (SSSR count). The molecule has 1 aliphatic heterocycles. The number of rotatable bonds is 4. The number of aryl methyl sites for hydroxylation is 1. The summed E-state index contributed by atoms with van der Waals surface area (Å²) >= 11 is 0. The molecule has 1 saturated heterocycles. The number of hydrogen-bond donors (Lipinski definition) is 0. The van der Waals surface area contributed by atoms with Gasteiger partial charge in [-0.25, -0.2) is 0 Å². The fraction of sp³-hybridized carbons (Fsp3) is 0.556. The molecule has 0 aromatic carbocycles. The molecule has 5 nitrogen and oxygen atoms in total. The van der Waals surface area contributed by atoms with E-state index in [1.165, 1.54) is 18.5 Å². The lowest BCUT2D eigenvalue weighted by atomic mass is 10.1. The van der Waals surface area contributed by atoms with Crippen LogP contribution in [0.25, 0.3) is 0 Å². The van der Waals surface area contributed by atoms with E-state index in [4.69, 9.17) is 0 Å². The molecule has 23 heavy (non-hydrogen) atoms. The SMILES string of the molecule is Cc1cc(C(=O)N2CCC[C@@H]2Cn2cccn2)c(C)n1C1CC1. The Morgan fingerprint density at radius 2 is 2.13 bits per heavy atom. The van der Waals surface area contributed by atoms with Gasteiger partial charge in [0.15, 0.2) is 0 Å². The quantitative estimate of drug-likeness (QED) is 0.871. The second-order valence-electron chi connectivity index (χ2n) is 6.91. The van der Waals surface area contributed by atoms with E-state index in [2.05, 4.69) is 34.5 Å². The molecule has 5 heteroatoms. The first-order valence-corrected chi connectivity index (χ1v) is 8.62. The van der Waals surface area contributed by atoms with Crippen LogP contribution in [0.2, 0.25) is 0 Å². The molecule has 0 radical (unpaired) electrons. The molecule has 0 bridgehead atoms. The maximum absolute atomic E-state index is 13.1. The summed E-state index contributed by atoms with van der Waals surface area (Å²) in [5.41, 5.74) is 3.25. The van der Waals surface area contributed by atoms with Crippen LogP contribution < -0.4 is 0 Å². The first-order valence-electron chi connectivity index (χ1n) is 8.62. The summed E-state index contributed by atoms with van der Waals surface area (Å²) in [6.07, 6.45) is 8.40. The van der Waals surface area contributed by atoms with Crippen LogP contribution in [0, 0.1) is 13.8 Å². The second kappa shape index (κ2) is 5.55. The largest absolute Gasteiger partial charge is 0.345 e. The zero-order valence-corrected chi connectivity index (χ0v) is 13.9. The Morgan fingerprint density at radius 1 is 1.30 bits per heavy atom. The first kappa shape index (κ1) is 14.5. The van der Waals surface area contributed by atoms with Crippen LogP contribution in [-0.4, -0.2) is 37.7 Å². The molecule has 2 aromatic rings. The maximum atomic E-state index is 13.1. The number of nitrogens with zero attached hydrogens (tertiary/aromatic N) is 4. The van der Waals surface area contributed by atoms with Crippen LogP contribution >= 0.6 is 0 Å². The molecule has 3 heterocycles. The minimum atomic E-state index is 0.194. The summed E-state index contributed by atoms with van der Waals surface area (Å²) in [6.45, 7) is 5.86. The summed E-state index contributed by atoms with van der Waals surface area (Å²) in [4.78, 5) is 15.2. The van der Waals surface area contributed by atoms with Crippen LogP contribution in [0.4, 0.5) is 0 Å².